The second-order valence-electron chi connectivity index (χ2n) is 5.19. The quantitative estimate of drug-likeness (QED) is 0.662. The van der Waals surface area contributed by atoms with Crippen LogP contribution < -0.4 is 0 Å². The molecular formula is C13H26N2O. The molecule has 0 aromatic carbocycles. The van der Waals surface area contributed by atoms with Crippen LogP contribution in [0.3, 0.4) is 0 Å². The number of hydrogen-bond donors (Lipinski definition) is 0. The second kappa shape index (κ2) is 6.89. The van der Waals surface area contributed by atoms with Crippen LogP contribution >= 0.6 is 0 Å². The van der Waals surface area contributed by atoms with Crippen LogP contribution in [0.2, 0.25) is 0 Å². The van der Waals surface area contributed by atoms with E-state index >= 15 is 0 Å². The Morgan fingerprint density at radius 1 is 1.38 bits per heavy atom. The first-order chi connectivity index (χ1) is 7.63. The molecule has 0 bridgehead atoms. The molecule has 16 heavy (non-hydrogen) atoms. The zero-order valence-corrected chi connectivity index (χ0v) is 11.0. The molecule has 1 rings (SSSR count). The fourth-order valence-electron chi connectivity index (χ4n) is 2.38. The number of nitrogens with zero attached hydrogens (tertiary/aromatic N) is 2. The average Bonchev–Trinajstić information content (AvgIpc) is 2.61. The highest BCUT2D eigenvalue weighted by Gasteiger charge is 2.22. The highest BCUT2D eigenvalue weighted by molar-refractivity contribution is 5.78. The van der Waals surface area contributed by atoms with Gasteiger partial charge >= 0.3 is 0 Å². The van der Waals surface area contributed by atoms with Crippen molar-refractivity contribution in [2.45, 2.75) is 39.0 Å². The molecule has 1 fully saturated rings. The summed E-state index contributed by atoms with van der Waals surface area (Å²) in [6.07, 6.45) is 5.51. The molecule has 3 nitrogen and oxygen atoms in total. The van der Waals surface area contributed by atoms with Crippen LogP contribution in [0.1, 0.15) is 39.0 Å². The zero-order valence-electron chi connectivity index (χ0n) is 11.0. The molecule has 94 valence electrons. The number of carbonyl (C=O) groups is 1. The fraction of sp³-hybridized carbons (Fsp3) is 0.923. The largest absolute Gasteiger partial charge is 0.342 e. The smallest absolute Gasteiger partial charge is 0.222 e. The van der Waals surface area contributed by atoms with Gasteiger partial charge in [0.25, 0.3) is 0 Å². The van der Waals surface area contributed by atoms with Crippen molar-refractivity contribution in [2.24, 2.45) is 5.92 Å². The predicted octanol–water partition coefficient (Wildman–Crippen LogP) is 1.98. The van der Waals surface area contributed by atoms with E-state index in [9.17, 15) is 4.79 Å². The highest BCUT2D eigenvalue weighted by atomic mass is 16.2. The van der Waals surface area contributed by atoms with Gasteiger partial charge in [-0.15, -0.1) is 0 Å². The summed E-state index contributed by atoms with van der Waals surface area (Å²) in [6, 6.07) is 0. The first-order valence-electron chi connectivity index (χ1n) is 6.56. The van der Waals surface area contributed by atoms with E-state index in [-0.39, 0.29) is 0 Å². The minimum Gasteiger partial charge on any atom is -0.342 e. The molecule has 0 N–H and O–H groups in total. The van der Waals surface area contributed by atoms with E-state index in [0.29, 0.717) is 11.8 Å². The summed E-state index contributed by atoms with van der Waals surface area (Å²) in [6.45, 7) is 5.34. The third kappa shape index (κ3) is 4.52. The van der Waals surface area contributed by atoms with Crippen LogP contribution in [-0.4, -0.2) is 49.4 Å². The van der Waals surface area contributed by atoms with Crippen LogP contribution in [0.25, 0.3) is 0 Å². The van der Waals surface area contributed by atoms with Crippen molar-refractivity contribution in [3.05, 3.63) is 0 Å². The Bertz CT molecular complexity index is 216. The molecule has 0 aromatic heterocycles. The van der Waals surface area contributed by atoms with E-state index in [4.69, 9.17) is 0 Å². The third-order valence-corrected chi connectivity index (χ3v) is 3.33. The van der Waals surface area contributed by atoms with E-state index < -0.39 is 0 Å². The van der Waals surface area contributed by atoms with E-state index in [1.807, 2.05) is 0 Å². The Hall–Kier alpha value is -0.570. The van der Waals surface area contributed by atoms with Crippen molar-refractivity contribution in [3.63, 3.8) is 0 Å². The second-order valence-corrected chi connectivity index (χ2v) is 5.19. The molecule has 1 amide bonds. The Balaban J connectivity index is 2.34. The molecular weight excluding hydrogens is 200 g/mol. The van der Waals surface area contributed by atoms with Crippen LogP contribution in [-0.2, 0) is 4.79 Å². The third-order valence-electron chi connectivity index (χ3n) is 3.33. The molecule has 1 heterocycles. The molecule has 3 heteroatoms. The maximum absolute atomic E-state index is 11.6. The van der Waals surface area contributed by atoms with Crippen LogP contribution in [0.4, 0.5) is 0 Å². The van der Waals surface area contributed by atoms with Crippen molar-refractivity contribution >= 4 is 5.91 Å². The summed E-state index contributed by atoms with van der Waals surface area (Å²) in [7, 11) is 4.23. The van der Waals surface area contributed by atoms with Gasteiger partial charge in [-0.25, -0.2) is 0 Å². The minimum absolute atomic E-state index is 0.367. The summed E-state index contributed by atoms with van der Waals surface area (Å²) in [4.78, 5) is 15.9. The number of hydrogen-bond acceptors (Lipinski definition) is 2. The monoisotopic (exact) mass is 226 g/mol. The lowest BCUT2D eigenvalue weighted by atomic mass is 9.99. The van der Waals surface area contributed by atoms with Crippen molar-refractivity contribution in [1.82, 2.24) is 9.80 Å². The van der Waals surface area contributed by atoms with Gasteiger partial charge in [0.15, 0.2) is 0 Å². The number of amides is 1. The molecule has 1 saturated heterocycles. The van der Waals surface area contributed by atoms with Gasteiger partial charge in [-0.3, -0.25) is 4.79 Å². The Morgan fingerprint density at radius 3 is 2.62 bits per heavy atom. The van der Waals surface area contributed by atoms with Crippen molar-refractivity contribution in [1.29, 1.82) is 0 Å². The standard InChI is InChI=1S/C13H26N2O/c1-4-6-12(8-10-14(2)3)11-15-9-5-7-13(15)16/h12H,4-11H2,1-3H3. The van der Waals surface area contributed by atoms with Gasteiger partial charge in [0, 0.05) is 19.5 Å². The normalized spacial score (nSPS) is 18.5. The number of likely N-dealkylation sites (tertiary alicyclic amines) is 1. The van der Waals surface area contributed by atoms with Crippen molar-refractivity contribution < 1.29 is 4.79 Å². The molecule has 1 aliphatic heterocycles. The van der Waals surface area contributed by atoms with Gasteiger partial charge in [-0.2, -0.15) is 0 Å². The summed E-state index contributed by atoms with van der Waals surface area (Å²) in [5.41, 5.74) is 0. The van der Waals surface area contributed by atoms with Crippen molar-refractivity contribution in [3.8, 4) is 0 Å². The molecule has 0 spiro atoms. The van der Waals surface area contributed by atoms with Gasteiger partial charge in [0.1, 0.15) is 0 Å². The van der Waals surface area contributed by atoms with Gasteiger partial charge < -0.3 is 9.80 Å². The molecule has 0 aromatic rings. The number of rotatable bonds is 7. The molecule has 0 aliphatic carbocycles. The van der Waals surface area contributed by atoms with Gasteiger partial charge in [0.05, 0.1) is 0 Å². The molecule has 1 unspecified atom stereocenters. The predicted molar refractivity (Wildman–Crippen MR) is 67.4 cm³/mol. The molecule has 0 radical (unpaired) electrons. The fourth-order valence-corrected chi connectivity index (χ4v) is 2.38. The van der Waals surface area contributed by atoms with Crippen molar-refractivity contribution in [2.75, 3.05) is 33.7 Å². The first-order valence-corrected chi connectivity index (χ1v) is 6.56. The number of carbonyl (C=O) groups excluding carboxylic acids is 1. The average molecular weight is 226 g/mol. The van der Waals surface area contributed by atoms with Crippen LogP contribution in [0.5, 0.6) is 0 Å². The summed E-state index contributed by atoms with van der Waals surface area (Å²) in [5, 5.41) is 0. The Morgan fingerprint density at radius 2 is 2.12 bits per heavy atom. The van der Waals surface area contributed by atoms with Crippen LogP contribution in [0, 0.1) is 5.92 Å². The van der Waals surface area contributed by atoms with Gasteiger partial charge in [-0.1, -0.05) is 13.3 Å². The Labute approximate surface area is 99.8 Å². The van der Waals surface area contributed by atoms with Crippen LogP contribution in [0.15, 0.2) is 0 Å². The molecule has 1 atom stereocenters. The zero-order chi connectivity index (χ0) is 12.0. The van der Waals surface area contributed by atoms with E-state index in [2.05, 4.69) is 30.8 Å². The lowest BCUT2D eigenvalue weighted by Gasteiger charge is -2.24. The maximum atomic E-state index is 11.6. The topological polar surface area (TPSA) is 23.6 Å². The van der Waals surface area contributed by atoms with E-state index in [1.165, 1.54) is 19.3 Å². The van der Waals surface area contributed by atoms with Gasteiger partial charge in [0.2, 0.25) is 5.91 Å². The maximum Gasteiger partial charge on any atom is 0.222 e. The summed E-state index contributed by atoms with van der Waals surface area (Å²) < 4.78 is 0. The SMILES string of the molecule is CCCC(CCN(C)C)CN1CCCC1=O. The lowest BCUT2D eigenvalue weighted by molar-refractivity contribution is -0.128. The summed E-state index contributed by atoms with van der Waals surface area (Å²) >= 11 is 0. The lowest BCUT2D eigenvalue weighted by Crippen LogP contribution is -2.32. The first kappa shape index (κ1) is 13.5. The Kier molecular flexibility index (Phi) is 5.81. The summed E-state index contributed by atoms with van der Waals surface area (Å²) in [5.74, 6) is 1.06. The molecule has 1 aliphatic rings. The van der Waals surface area contributed by atoms with E-state index in [0.717, 1.165) is 32.5 Å². The minimum atomic E-state index is 0.367. The highest BCUT2D eigenvalue weighted by Crippen LogP contribution is 2.18. The van der Waals surface area contributed by atoms with E-state index in [1.54, 1.807) is 0 Å². The van der Waals surface area contributed by atoms with Gasteiger partial charge in [-0.05, 0) is 45.8 Å². The molecule has 0 saturated carbocycles.